The number of nitrogens with one attached hydrogen (secondary N) is 2. The zero-order valence-electron chi connectivity index (χ0n) is 19.3. The van der Waals surface area contributed by atoms with Gasteiger partial charge in [0.1, 0.15) is 6.54 Å². The lowest BCUT2D eigenvalue weighted by atomic mass is 9.93. The van der Waals surface area contributed by atoms with Crippen molar-refractivity contribution in [1.29, 1.82) is 5.26 Å². The molecular formula is C24H31N5O4S. The Morgan fingerprint density at radius 1 is 1.18 bits per heavy atom. The van der Waals surface area contributed by atoms with Crippen molar-refractivity contribution in [3.8, 4) is 6.07 Å². The molecular weight excluding hydrogens is 454 g/mol. The van der Waals surface area contributed by atoms with Gasteiger partial charge in [0, 0.05) is 12.6 Å². The summed E-state index contributed by atoms with van der Waals surface area (Å²) in [5.74, 6) is -0.811. The fraction of sp³-hybridized carbons (Fsp3) is 0.458. The molecule has 2 amide bonds. The molecule has 1 heterocycles. The number of hydrogen-bond donors (Lipinski definition) is 3. The number of fused-ring (bicyclic) bond motifs is 1. The van der Waals surface area contributed by atoms with Crippen molar-refractivity contribution in [3.63, 3.8) is 0 Å². The number of likely N-dealkylation sites (tertiary alicyclic amines) is 1. The summed E-state index contributed by atoms with van der Waals surface area (Å²) in [6.07, 6.45) is 1.72. The van der Waals surface area contributed by atoms with Crippen LogP contribution in [0.1, 0.15) is 31.4 Å². The molecule has 1 aliphatic rings. The number of amides is 2. The van der Waals surface area contributed by atoms with Crippen LogP contribution in [0.3, 0.4) is 0 Å². The lowest BCUT2D eigenvalue weighted by molar-refractivity contribution is -0.126. The second kappa shape index (κ2) is 12.6. The van der Waals surface area contributed by atoms with Gasteiger partial charge in [-0.2, -0.15) is 9.57 Å². The first-order valence-corrected chi connectivity index (χ1v) is 12.4. The zero-order chi connectivity index (χ0) is 24.5. The topological polar surface area (TPSA) is 126 Å². The van der Waals surface area contributed by atoms with E-state index in [0.29, 0.717) is 6.54 Å². The van der Waals surface area contributed by atoms with Crippen LogP contribution in [-0.4, -0.2) is 69.0 Å². The molecule has 2 unspecified atom stereocenters. The molecule has 0 spiro atoms. The van der Waals surface area contributed by atoms with Crippen LogP contribution in [0.15, 0.2) is 42.5 Å². The second-order valence-electron chi connectivity index (χ2n) is 8.49. The van der Waals surface area contributed by atoms with E-state index in [2.05, 4.69) is 58.9 Å². The Morgan fingerprint density at radius 3 is 2.59 bits per heavy atom. The minimum absolute atomic E-state index is 0.140. The highest BCUT2D eigenvalue weighted by atomic mass is 32.2. The number of nitriles is 1. The van der Waals surface area contributed by atoms with Gasteiger partial charge in [0.05, 0.1) is 19.2 Å². The fourth-order valence-electron chi connectivity index (χ4n) is 4.40. The molecule has 0 aromatic heterocycles. The van der Waals surface area contributed by atoms with Crippen molar-refractivity contribution in [2.45, 2.75) is 25.8 Å². The maximum absolute atomic E-state index is 12.1. The standard InChI is InChI=1S/C24H31N5O4S/c1-18(21-8-4-6-20-5-2-3-7-22(20)21)28-13-9-19(10-14-28)16-29(34(32)33)17-24(31)27-15-23(30)26-12-11-25/h2-8,18-19H,9-10,12-17H2,1H3,(H,26,30)(H,27,31)(H,32,33). The van der Waals surface area contributed by atoms with Gasteiger partial charge in [-0.05, 0) is 55.1 Å². The van der Waals surface area contributed by atoms with Gasteiger partial charge in [-0.1, -0.05) is 42.5 Å². The van der Waals surface area contributed by atoms with Crippen LogP contribution in [0, 0.1) is 17.2 Å². The maximum Gasteiger partial charge on any atom is 0.240 e. The zero-order valence-corrected chi connectivity index (χ0v) is 20.1. The average molecular weight is 486 g/mol. The van der Waals surface area contributed by atoms with Crippen molar-refractivity contribution >= 4 is 33.9 Å². The predicted molar refractivity (Wildman–Crippen MR) is 131 cm³/mol. The van der Waals surface area contributed by atoms with E-state index < -0.39 is 23.1 Å². The molecule has 3 N–H and O–H groups in total. The molecule has 1 saturated heterocycles. The molecule has 0 radical (unpaired) electrons. The third-order valence-corrected chi connectivity index (χ3v) is 7.00. The first-order valence-electron chi connectivity index (χ1n) is 11.4. The Hall–Kier alpha value is -2.84. The van der Waals surface area contributed by atoms with Gasteiger partial charge in [0.2, 0.25) is 23.1 Å². The Bertz CT molecular complexity index is 1060. The SMILES string of the molecule is CC(c1cccc2ccccc12)N1CCC(CN(CC(=O)NCC(=O)NCC#N)S(=O)O)CC1. The van der Waals surface area contributed by atoms with Gasteiger partial charge in [-0.3, -0.25) is 19.0 Å². The quantitative estimate of drug-likeness (QED) is 0.348. The number of benzene rings is 2. The second-order valence-corrected chi connectivity index (χ2v) is 9.47. The van der Waals surface area contributed by atoms with Crippen molar-refractivity contribution < 1.29 is 18.4 Å². The lowest BCUT2D eigenvalue weighted by Crippen LogP contribution is -2.45. The normalized spacial score (nSPS) is 16.6. The molecule has 2 atom stereocenters. The Labute approximate surface area is 202 Å². The summed E-state index contributed by atoms with van der Waals surface area (Å²) >= 11 is -2.29. The van der Waals surface area contributed by atoms with Crippen molar-refractivity contribution in [2.24, 2.45) is 5.92 Å². The van der Waals surface area contributed by atoms with Crippen LogP contribution in [0.4, 0.5) is 0 Å². The maximum atomic E-state index is 12.1. The predicted octanol–water partition coefficient (Wildman–Crippen LogP) is 1.81. The molecule has 0 saturated carbocycles. The molecule has 2 aromatic carbocycles. The summed E-state index contributed by atoms with van der Waals surface area (Å²) < 4.78 is 22.7. The summed E-state index contributed by atoms with van der Waals surface area (Å²) in [5.41, 5.74) is 1.30. The minimum atomic E-state index is -2.29. The third-order valence-electron chi connectivity index (χ3n) is 6.28. The molecule has 1 fully saturated rings. The van der Waals surface area contributed by atoms with E-state index in [1.807, 2.05) is 6.07 Å². The average Bonchev–Trinajstić information content (AvgIpc) is 2.85. The van der Waals surface area contributed by atoms with E-state index in [9.17, 15) is 18.4 Å². The van der Waals surface area contributed by atoms with Crippen molar-refractivity contribution in [3.05, 3.63) is 48.0 Å². The van der Waals surface area contributed by atoms with Gasteiger partial charge in [-0.25, -0.2) is 4.21 Å². The number of rotatable bonds is 10. The van der Waals surface area contributed by atoms with Gasteiger partial charge < -0.3 is 10.6 Å². The Morgan fingerprint density at radius 2 is 1.88 bits per heavy atom. The fourth-order valence-corrected chi connectivity index (χ4v) is 4.97. The van der Waals surface area contributed by atoms with Crippen LogP contribution in [0.25, 0.3) is 10.8 Å². The van der Waals surface area contributed by atoms with E-state index >= 15 is 0 Å². The van der Waals surface area contributed by atoms with Crippen LogP contribution < -0.4 is 10.6 Å². The molecule has 3 rings (SSSR count). The first-order chi connectivity index (χ1) is 16.4. The molecule has 10 heteroatoms. The molecule has 34 heavy (non-hydrogen) atoms. The summed E-state index contributed by atoms with van der Waals surface area (Å²) in [6.45, 7) is 3.58. The van der Waals surface area contributed by atoms with Gasteiger partial charge in [0.15, 0.2) is 0 Å². The van der Waals surface area contributed by atoms with E-state index in [0.717, 1.165) is 25.9 Å². The summed E-state index contributed by atoms with van der Waals surface area (Å²) in [4.78, 5) is 26.1. The van der Waals surface area contributed by atoms with Crippen LogP contribution in [-0.2, 0) is 20.9 Å². The molecule has 0 aliphatic carbocycles. The first kappa shape index (κ1) is 25.8. The van der Waals surface area contributed by atoms with Gasteiger partial charge >= 0.3 is 0 Å². The minimum Gasteiger partial charge on any atom is -0.346 e. The molecule has 1 aliphatic heterocycles. The van der Waals surface area contributed by atoms with Crippen molar-refractivity contribution in [2.75, 3.05) is 39.3 Å². The van der Waals surface area contributed by atoms with Crippen LogP contribution in [0.5, 0.6) is 0 Å². The monoisotopic (exact) mass is 485 g/mol. The molecule has 2 aromatic rings. The van der Waals surface area contributed by atoms with Crippen LogP contribution in [0.2, 0.25) is 0 Å². The van der Waals surface area contributed by atoms with E-state index in [-0.39, 0.29) is 31.6 Å². The molecule has 9 nitrogen and oxygen atoms in total. The Kier molecular flexibility index (Phi) is 9.53. The highest BCUT2D eigenvalue weighted by Crippen LogP contribution is 2.31. The smallest absolute Gasteiger partial charge is 0.240 e. The van der Waals surface area contributed by atoms with E-state index in [4.69, 9.17) is 5.26 Å². The summed E-state index contributed by atoms with van der Waals surface area (Å²) in [5, 5.41) is 15.7. The number of piperidine rings is 1. The lowest BCUT2D eigenvalue weighted by Gasteiger charge is -2.37. The van der Waals surface area contributed by atoms with E-state index in [1.165, 1.54) is 20.6 Å². The van der Waals surface area contributed by atoms with E-state index in [1.54, 1.807) is 6.07 Å². The third kappa shape index (κ3) is 7.08. The summed E-state index contributed by atoms with van der Waals surface area (Å²) in [7, 11) is 0. The number of carbonyl (C=O) groups excluding carboxylic acids is 2. The van der Waals surface area contributed by atoms with Gasteiger partial charge in [0.25, 0.3) is 0 Å². The largest absolute Gasteiger partial charge is 0.346 e. The highest BCUT2D eigenvalue weighted by Gasteiger charge is 2.27. The van der Waals surface area contributed by atoms with Crippen LogP contribution >= 0.6 is 0 Å². The number of nitrogens with zero attached hydrogens (tertiary/aromatic N) is 3. The number of carbonyl (C=O) groups is 2. The molecule has 0 bridgehead atoms. The highest BCUT2D eigenvalue weighted by molar-refractivity contribution is 7.76. The number of hydrogen-bond acceptors (Lipinski definition) is 5. The van der Waals surface area contributed by atoms with Gasteiger partial charge in [-0.15, -0.1) is 0 Å². The van der Waals surface area contributed by atoms with Crippen molar-refractivity contribution in [1.82, 2.24) is 19.8 Å². The summed E-state index contributed by atoms with van der Waals surface area (Å²) in [6, 6.07) is 16.8. The Balaban J connectivity index is 1.50. The molecule has 182 valence electrons.